The Morgan fingerprint density at radius 1 is 1.12 bits per heavy atom. The molecule has 3 heterocycles. The summed E-state index contributed by atoms with van der Waals surface area (Å²) in [5.74, 6) is 0.826. The molecule has 0 spiro atoms. The first kappa shape index (κ1) is 15.0. The van der Waals surface area contributed by atoms with Gasteiger partial charge in [0.1, 0.15) is 6.61 Å². The molecule has 1 aliphatic rings. The van der Waals surface area contributed by atoms with Gasteiger partial charge >= 0.3 is 0 Å². The van der Waals surface area contributed by atoms with Crippen LogP contribution in [0.4, 0.5) is 5.69 Å². The normalized spacial score (nSPS) is 15.2. The van der Waals surface area contributed by atoms with E-state index in [9.17, 15) is 0 Å². The highest BCUT2D eigenvalue weighted by atomic mass is 16.5. The first-order valence-corrected chi connectivity index (χ1v) is 8.48. The lowest BCUT2D eigenvalue weighted by atomic mass is 10.1. The Hall–Kier alpha value is -2.53. The Kier molecular flexibility index (Phi) is 4.09. The van der Waals surface area contributed by atoms with Crippen LogP contribution in [0.25, 0.3) is 16.9 Å². The topological polar surface area (TPSA) is 55.8 Å². The summed E-state index contributed by atoms with van der Waals surface area (Å²) in [5, 5.41) is 0. The molecular weight excluding hydrogens is 300 g/mol. The molecule has 4 rings (SSSR count). The van der Waals surface area contributed by atoms with Crippen molar-refractivity contribution in [3.8, 4) is 17.0 Å². The fourth-order valence-corrected chi connectivity index (χ4v) is 3.23. The van der Waals surface area contributed by atoms with E-state index in [-0.39, 0.29) is 0 Å². The summed E-state index contributed by atoms with van der Waals surface area (Å²) in [6, 6.07) is 11.8. The lowest BCUT2D eigenvalue weighted by molar-refractivity contribution is 0.239. The van der Waals surface area contributed by atoms with E-state index in [1.807, 2.05) is 53.2 Å². The number of hydrogen-bond donors (Lipinski definition) is 1. The first-order valence-electron chi connectivity index (χ1n) is 8.48. The van der Waals surface area contributed by atoms with E-state index in [0.29, 0.717) is 6.61 Å². The van der Waals surface area contributed by atoms with E-state index in [4.69, 9.17) is 15.5 Å². The number of aromatic nitrogens is 2. The summed E-state index contributed by atoms with van der Waals surface area (Å²) >= 11 is 0. The number of rotatable bonds is 5. The largest absolute Gasteiger partial charge is 0.488 e. The highest BCUT2D eigenvalue weighted by molar-refractivity contribution is 5.68. The Morgan fingerprint density at radius 3 is 2.83 bits per heavy atom. The molecule has 24 heavy (non-hydrogen) atoms. The van der Waals surface area contributed by atoms with Crippen LogP contribution in [0.1, 0.15) is 12.8 Å². The number of ether oxygens (including phenoxy) is 1. The van der Waals surface area contributed by atoms with E-state index in [0.717, 1.165) is 34.9 Å². The molecule has 1 fully saturated rings. The van der Waals surface area contributed by atoms with Crippen LogP contribution in [0.3, 0.4) is 0 Å². The van der Waals surface area contributed by atoms with Gasteiger partial charge < -0.3 is 14.9 Å². The van der Waals surface area contributed by atoms with Crippen LogP contribution in [0.2, 0.25) is 0 Å². The van der Waals surface area contributed by atoms with Crippen molar-refractivity contribution in [1.82, 2.24) is 14.3 Å². The van der Waals surface area contributed by atoms with Crippen LogP contribution in [0.5, 0.6) is 5.75 Å². The zero-order chi connectivity index (χ0) is 16.4. The van der Waals surface area contributed by atoms with Crippen molar-refractivity contribution < 1.29 is 4.74 Å². The number of nitrogens with two attached hydrogens (primary N) is 1. The second kappa shape index (κ2) is 6.53. The molecule has 3 aromatic rings. The van der Waals surface area contributed by atoms with E-state index in [1.54, 1.807) is 0 Å². The Morgan fingerprint density at radius 2 is 2.00 bits per heavy atom. The minimum Gasteiger partial charge on any atom is -0.488 e. The van der Waals surface area contributed by atoms with Crippen LogP contribution in [0, 0.1) is 0 Å². The van der Waals surface area contributed by atoms with Crippen molar-refractivity contribution in [1.29, 1.82) is 0 Å². The molecular formula is C19H22N4O. The Labute approximate surface area is 141 Å². The minimum atomic E-state index is 0.695. The van der Waals surface area contributed by atoms with Crippen molar-refractivity contribution in [2.24, 2.45) is 0 Å². The average Bonchev–Trinajstić information content (AvgIpc) is 3.24. The van der Waals surface area contributed by atoms with E-state index >= 15 is 0 Å². The van der Waals surface area contributed by atoms with Gasteiger partial charge in [-0.05, 0) is 50.2 Å². The molecule has 5 heteroatoms. The number of nitrogen functional groups attached to an aromatic ring is 1. The van der Waals surface area contributed by atoms with E-state index in [2.05, 4.69) is 4.90 Å². The zero-order valence-electron chi connectivity index (χ0n) is 13.7. The number of fused-ring (bicyclic) bond motifs is 1. The molecule has 124 valence electrons. The summed E-state index contributed by atoms with van der Waals surface area (Å²) in [5.41, 5.74) is 9.38. The molecule has 0 unspecified atom stereocenters. The van der Waals surface area contributed by atoms with Crippen molar-refractivity contribution in [3.63, 3.8) is 0 Å². The Balaban J connectivity index is 1.55. The highest BCUT2D eigenvalue weighted by Crippen LogP contribution is 2.25. The molecule has 0 saturated carbocycles. The van der Waals surface area contributed by atoms with Crippen molar-refractivity contribution >= 4 is 11.3 Å². The number of anilines is 1. The molecule has 0 atom stereocenters. The number of hydrogen-bond acceptors (Lipinski definition) is 4. The SMILES string of the molecule is Nc1cccc(-c2cn3cccc(OCCN4CCCC4)c3n2)c1. The standard InChI is InChI=1S/C19H22N4O/c20-16-6-3-5-15(13-16)17-14-23-10-4-7-18(19(23)21-17)24-12-11-22-8-1-2-9-22/h3-7,10,13-14H,1-2,8-9,11-12,20H2. The van der Waals surface area contributed by atoms with Crippen LogP contribution >= 0.6 is 0 Å². The van der Waals surface area contributed by atoms with Gasteiger partial charge in [0.15, 0.2) is 11.4 Å². The molecule has 1 aliphatic heterocycles. The van der Waals surface area contributed by atoms with Gasteiger partial charge in [0.25, 0.3) is 0 Å². The predicted octanol–water partition coefficient (Wildman–Crippen LogP) is 3.06. The fraction of sp³-hybridized carbons (Fsp3) is 0.316. The maximum Gasteiger partial charge on any atom is 0.180 e. The third-order valence-corrected chi connectivity index (χ3v) is 4.49. The maximum atomic E-state index is 6.00. The average molecular weight is 322 g/mol. The monoisotopic (exact) mass is 322 g/mol. The van der Waals surface area contributed by atoms with Crippen molar-refractivity contribution in [2.45, 2.75) is 12.8 Å². The third-order valence-electron chi connectivity index (χ3n) is 4.49. The van der Waals surface area contributed by atoms with Gasteiger partial charge in [0.05, 0.1) is 5.69 Å². The van der Waals surface area contributed by atoms with E-state index < -0.39 is 0 Å². The second-order valence-electron chi connectivity index (χ2n) is 6.25. The third kappa shape index (κ3) is 3.08. The molecule has 0 radical (unpaired) electrons. The molecule has 5 nitrogen and oxygen atoms in total. The van der Waals surface area contributed by atoms with Gasteiger partial charge in [-0.1, -0.05) is 12.1 Å². The van der Waals surface area contributed by atoms with Crippen LogP contribution in [0.15, 0.2) is 48.8 Å². The molecule has 0 aliphatic carbocycles. The smallest absolute Gasteiger partial charge is 0.180 e. The lowest BCUT2D eigenvalue weighted by Crippen LogP contribution is -2.25. The van der Waals surface area contributed by atoms with Crippen LogP contribution in [-0.4, -0.2) is 40.5 Å². The number of nitrogens with zero attached hydrogens (tertiary/aromatic N) is 3. The molecule has 0 amide bonds. The zero-order valence-corrected chi connectivity index (χ0v) is 13.7. The lowest BCUT2D eigenvalue weighted by Gasteiger charge is -2.15. The van der Waals surface area contributed by atoms with Crippen molar-refractivity contribution in [3.05, 3.63) is 48.8 Å². The van der Waals surface area contributed by atoms with Gasteiger partial charge in [-0.2, -0.15) is 0 Å². The molecule has 1 aromatic carbocycles. The van der Waals surface area contributed by atoms with Crippen LogP contribution in [-0.2, 0) is 0 Å². The Bertz CT molecular complexity index is 836. The minimum absolute atomic E-state index is 0.695. The summed E-state index contributed by atoms with van der Waals surface area (Å²) in [6.45, 7) is 4.05. The van der Waals surface area contributed by atoms with Gasteiger partial charge in [-0.3, -0.25) is 4.90 Å². The molecule has 2 aromatic heterocycles. The van der Waals surface area contributed by atoms with Gasteiger partial charge in [-0.25, -0.2) is 4.98 Å². The summed E-state index contributed by atoms with van der Waals surface area (Å²) in [6.07, 6.45) is 6.61. The number of likely N-dealkylation sites (tertiary alicyclic amines) is 1. The van der Waals surface area contributed by atoms with Crippen molar-refractivity contribution in [2.75, 3.05) is 32.0 Å². The second-order valence-corrected chi connectivity index (χ2v) is 6.25. The van der Waals surface area contributed by atoms with Crippen LogP contribution < -0.4 is 10.5 Å². The fourth-order valence-electron chi connectivity index (χ4n) is 3.23. The summed E-state index contributed by atoms with van der Waals surface area (Å²) < 4.78 is 8.01. The maximum absolute atomic E-state index is 6.00. The van der Waals surface area contributed by atoms with E-state index in [1.165, 1.54) is 25.9 Å². The molecule has 2 N–H and O–H groups in total. The highest BCUT2D eigenvalue weighted by Gasteiger charge is 2.12. The first-order chi connectivity index (χ1) is 11.8. The molecule has 1 saturated heterocycles. The quantitative estimate of drug-likeness (QED) is 0.734. The summed E-state index contributed by atoms with van der Waals surface area (Å²) in [4.78, 5) is 7.19. The predicted molar refractivity (Wildman–Crippen MR) is 96.2 cm³/mol. The van der Waals surface area contributed by atoms with Gasteiger partial charge in [0.2, 0.25) is 0 Å². The van der Waals surface area contributed by atoms with Gasteiger partial charge in [-0.15, -0.1) is 0 Å². The van der Waals surface area contributed by atoms with Gasteiger partial charge in [0, 0.05) is 30.2 Å². The molecule has 0 bridgehead atoms. The number of imidazole rings is 1. The number of benzene rings is 1. The summed E-state index contributed by atoms with van der Waals surface area (Å²) in [7, 11) is 0. The number of pyridine rings is 1.